The molecule has 0 aliphatic heterocycles. The largest absolute Gasteiger partial charge is 0.479 e. The third kappa shape index (κ3) is 5.91. The molecule has 1 amide bonds. The molecule has 0 aliphatic carbocycles. The summed E-state index contributed by atoms with van der Waals surface area (Å²) >= 11 is 12.1. The first kappa shape index (κ1) is 22.9. The molecule has 31 heavy (non-hydrogen) atoms. The molecule has 0 saturated heterocycles. The Morgan fingerprint density at radius 1 is 0.935 bits per heavy atom. The van der Waals surface area contributed by atoms with E-state index in [1.807, 2.05) is 6.92 Å². The predicted molar refractivity (Wildman–Crippen MR) is 123 cm³/mol. The van der Waals surface area contributed by atoms with E-state index >= 15 is 0 Å². The number of amides is 1. The zero-order chi connectivity index (χ0) is 22.4. The molecule has 0 aliphatic rings. The van der Waals surface area contributed by atoms with Crippen LogP contribution in [-0.2, 0) is 14.8 Å². The van der Waals surface area contributed by atoms with Crippen molar-refractivity contribution in [2.45, 2.75) is 24.3 Å². The lowest BCUT2D eigenvalue weighted by atomic mass is 10.2. The molecular weight excluding hydrogens is 459 g/mol. The van der Waals surface area contributed by atoms with Crippen LogP contribution < -0.4 is 14.8 Å². The third-order valence-corrected chi connectivity index (χ3v) is 6.34. The van der Waals surface area contributed by atoms with Crippen molar-refractivity contribution in [2.24, 2.45) is 0 Å². The minimum atomic E-state index is -3.83. The van der Waals surface area contributed by atoms with Crippen molar-refractivity contribution in [3.8, 4) is 5.75 Å². The van der Waals surface area contributed by atoms with Crippen molar-refractivity contribution >= 4 is 50.5 Å². The highest BCUT2D eigenvalue weighted by atomic mass is 35.5. The molecule has 6 nitrogen and oxygen atoms in total. The number of carbonyl (C=O) groups is 1. The highest BCUT2D eigenvalue weighted by Gasteiger charge is 2.20. The zero-order valence-electron chi connectivity index (χ0n) is 16.5. The first-order valence-electron chi connectivity index (χ1n) is 9.39. The number of rotatable bonds is 8. The van der Waals surface area contributed by atoms with Crippen LogP contribution in [0.5, 0.6) is 5.75 Å². The summed E-state index contributed by atoms with van der Waals surface area (Å²) in [7, 11) is -3.83. The first-order chi connectivity index (χ1) is 14.8. The topological polar surface area (TPSA) is 84.5 Å². The van der Waals surface area contributed by atoms with Crippen LogP contribution in [0.2, 0.25) is 10.0 Å². The monoisotopic (exact) mass is 478 g/mol. The molecule has 0 fully saturated rings. The molecule has 0 saturated carbocycles. The van der Waals surface area contributed by atoms with Crippen molar-refractivity contribution in [3.63, 3.8) is 0 Å². The molecule has 162 valence electrons. The smallest absolute Gasteiger partial charge is 0.265 e. The van der Waals surface area contributed by atoms with Crippen molar-refractivity contribution in [2.75, 3.05) is 10.0 Å². The molecule has 3 aromatic rings. The van der Waals surface area contributed by atoms with E-state index in [0.717, 1.165) is 0 Å². The van der Waals surface area contributed by atoms with Gasteiger partial charge in [-0.15, -0.1) is 0 Å². The maximum absolute atomic E-state index is 12.6. The Morgan fingerprint density at radius 3 is 2.16 bits per heavy atom. The van der Waals surface area contributed by atoms with E-state index in [1.54, 1.807) is 48.5 Å². The molecule has 3 rings (SSSR count). The molecule has 0 unspecified atom stereocenters. The van der Waals surface area contributed by atoms with Gasteiger partial charge in [0.15, 0.2) is 6.10 Å². The number of sulfonamides is 1. The van der Waals surface area contributed by atoms with Crippen LogP contribution in [0.3, 0.4) is 0 Å². The number of halogens is 2. The molecule has 3 aromatic carbocycles. The number of benzene rings is 3. The Morgan fingerprint density at radius 2 is 1.55 bits per heavy atom. The summed E-state index contributed by atoms with van der Waals surface area (Å²) in [5.74, 6) is 0.0467. The van der Waals surface area contributed by atoms with E-state index in [-0.39, 0.29) is 16.5 Å². The van der Waals surface area contributed by atoms with Gasteiger partial charge in [0.1, 0.15) is 5.75 Å². The summed E-state index contributed by atoms with van der Waals surface area (Å²) in [6.07, 6.45) is -0.337. The van der Waals surface area contributed by atoms with E-state index in [9.17, 15) is 13.2 Å². The van der Waals surface area contributed by atoms with Gasteiger partial charge < -0.3 is 10.1 Å². The number of para-hydroxylation sites is 2. The third-order valence-electron chi connectivity index (χ3n) is 4.32. The SMILES string of the molecule is CC[C@H](Oc1ccccc1Cl)C(=O)Nc1ccc(S(=O)(=O)Nc2ccccc2Cl)cc1. The van der Waals surface area contributed by atoms with Crippen LogP contribution in [0.25, 0.3) is 0 Å². The summed E-state index contributed by atoms with van der Waals surface area (Å²) < 4.78 is 33.3. The fraction of sp³-hybridized carbons (Fsp3) is 0.136. The Balaban J connectivity index is 1.68. The molecule has 0 radical (unpaired) electrons. The number of hydrogen-bond donors (Lipinski definition) is 2. The number of anilines is 2. The van der Waals surface area contributed by atoms with E-state index in [1.165, 1.54) is 24.3 Å². The van der Waals surface area contributed by atoms with E-state index in [0.29, 0.717) is 27.9 Å². The van der Waals surface area contributed by atoms with Gasteiger partial charge in [-0.25, -0.2) is 8.42 Å². The minimum Gasteiger partial charge on any atom is -0.479 e. The molecular formula is C22H20Cl2N2O4S. The van der Waals surface area contributed by atoms with E-state index in [4.69, 9.17) is 27.9 Å². The van der Waals surface area contributed by atoms with Crippen LogP contribution >= 0.6 is 23.2 Å². The van der Waals surface area contributed by atoms with Gasteiger partial charge in [-0.1, -0.05) is 54.4 Å². The molecule has 0 heterocycles. The lowest BCUT2D eigenvalue weighted by Gasteiger charge is -2.18. The highest BCUT2D eigenvalue weighted by Crippen LogP contribution is 2.26. The van der Waals surface area contributed by atoms with Crippen LogP contribution in [0.15, 0.2) is 77.7 Å². The Labute approximate surface area is 191 Å². The average molecular weight is 479 g/mol. The molecule has 9 heteroatoms. The lowest BCUT2D eigenvalue weighted by Crippen LogP contribution is -2.32. The van der Waals surface area contributed by atoms with Crippen LogP contribution in [0, 0.1) is 0 Å². The maximum atomic E-state index is 12.6. The number of hydrogen-bond acceptors (Lipinski definition) is 4. The van der Waals surface area contributed by atoms with Crippen molar-refractivity contribution < 1.29 is 17.9 Å². The minimum absolute atomic E-state index is 0.0322. The fourth-order valence-electron chi connectivity index (χ4n) is 2.70. The highest BCUT2D eigenvalue weighted by molar-refractivity contribution is 7.92. The zero-order valence-corrected chi connectivity index (χ0v) is 18.8. The van der Waals surface area contributed by atoms with Gasteiger partial charge in [-0.05, 0) is 55.0 Å². The number of ether oxygens (including phenoxy) is 1. The fourth-order valence-corrected chi connectivity index (χ4v) is 4.20. The second kappa shape index (κ2) is 10.0. The summed E-state index contributed by atoms with van der Waals surface area (Å²) in [4.78, 5) is 12.6. The van der Waals surface area contributed by atoms with Gasteiger partial charge in [0.2, 0.25) is 0 Å². The second-order valence-corrected chi connectivity index (χ2v) is 9.04. The van der Waals surface area contributed by atoms with Crippen LogP contribution in [-0.4, -0.2) is 20.4 Å². The Bertz CT molecular complexity index is 1170. The van der Waals surface area contributed by atoms with Gasteiger partial charge in [0.25, 0.3) is 15.9 Å². The predicted octanol–water partition coefficient (Wildman–Crippen LogP) is 5.59. The number of carbonyl (C=O) groups excluding carboxylic acids is 1. The van der Waals surface area contributed by atoms with Gasteiger partial charge in [-0.2, -0.15) is 0 Å². The van der Waals surface area contributed by atoms with Crippen molar-refractivity contribution in [1.82, 2.24) is 0 Å². The van der Waals surface area contributed by atoms with Gasteiger partial charge in [-0.3, -0.25) is 9.52 Å². The molecule has 0 spiro atoms. The van der Waals surface area contributed by atoms with E-state index in [2.05, 4.69) is 10.0 Å². The van der Waals surface area contributed by atoms with Gasteiger partial charge in [0.05, 0.1) is 20.6 Å². The Hall–Kier alpha value is -2.74. The van der Waals surface area contributed by atoms with Crippen LogP contribution in [0.1, 0.15) is 13.3 Å². The van der Waals surface area contributed by atoms with E-state index < -0.39 is 16.1 Å². The maximum Gasteiger partial charge on any atom is 0.265 e. The van der Waals surface area contributed by atoms with Crippen LogP contribution in [0.4, 0.5) is 11.4 Å². The van der Waals surface area contributed by atoms with Crippen molar-refractivity contribution in [1.29, 1.82) is 0 Å². The summed E-state index contributed by atoms with van der Waals surface area (Å²) in [5.41, 5.74) is 0.715. The van der Waals surface area contributed by atoms with Gasteiger partial charge >= 0.3 is 0 Å². The number of nitrogens with one attached hydrogen (secondary N) is 2. The molecule has 0 bridgehead atoms. The molecule has 1 atom stereocenters. The second-order valence-electron chi connectivity index (χ2n) is 6.54. The summed E-state index contributed by atoms with van der Waals surface area (Å²) in [6, 6.07) is 19.2. The molecule has 0 aromatic heterocycles. The normalized spacial score (nSPS) is 12.1. The summed E-state index contributed by atoms with van der Waals surface area (Å²) in [6.45, 7) is 1.82. The standard InChI is InChI=1S/C22H20Cl2N2O4S/c1-2-20(30-21-10-6-4-8-18(21)24)22(27)25-15-11-13-16(14-12-15)31(28,29)26-19-9-5-3-7-17(19)23/h3-14,20,26H,2H2,1H3,(H,25,27)/t20-/m0/s1. The Kier molecular flexibility index (Phi) is 7.43. The summed E-state index contributed by atoms with van der Waals surface area (Å²) in [5, 5.41) is 3.43. The van der Waals surface area contributed by atoms with Crippen molar-refractivity contribution in [3.05, 3.63) is 82.8 Å². The molecule has 2 N–H and O–H groups in total. The average Bonchev–Trinajstić information content (AvgIpc) is 2.75. The van der Waals surface area contributed by atoms with Gasteiger partial charge in [0, 0.05) is 5.69 Å². The quantitative estimate of drug-likeness (QED) is 0.441. The lowest BCUT2D eigenvalue weighted by molar-refractivity contribution is -0.122. The first-order valence-corrected chi connectivity index (χ1v) is 11.6.